The quantitative estimate of drug-likeness (QED) is 0.588. The fourth-order valence-electron chi connectivity index (χ4n) is 7.36. The first-order chi connectivity index (χ1) is 17.5. The molecule has 2 unspecified atom stereocenters. The first-order valence-corrected chi connectivity index (χ1v) is 13.3. The molecule has 7 rings (SSSR count). The van der Waals surface area contributed by atoms with Crippen LogP contribution in [0.2, 0.25) is 0 Å². The highest BCUT2D eigenvalue weighted by atomic mass is 16.5. The molecule has 4 saturated heterocycles. The van der Waals surface area contributed by atoms with Gasteiger partial charge in [0.1, 0.15) is 5.82 Å². The molecule has 9 nitrogen and oxygen atoms in total. The van der Waals surface area contributed by atoms with E-state index in [0.717, 1.165) is 61.3 Å². The average molecular weight is 487 g/mol. The molecule has 1 aliphatic carbocycles. The van der Waals surface area contributed by atoms with Crippen LogP contribution in [0.1, 0.15) is 44.2 Å². The fourth-order valence-corrected chi connectivity index (χ4v) is 7.36. The molecule has 5 atom stereocenters. The number of allylic oxidation sites excluding steroid dienone is 1. The van der Waals surface area contributed by atoms with Gasteiger partial charge >= 0.3 is 0 Å². The summed E-state index contributed by atoms with van der Waals surface area (Å²) in [6, 6.07) is 6.11. The van der Waals surface area contributed by atoms with E-state index in [1.807, 2.05) is 13.0 Å². The van der Waals surface area contributed by atoms with Crippen LogP contribution >= 0.6 is 0 Å². The summed E-state index contributed by atoms with van der Waals surface area (Å²) in [5, 5.41) is 24.1. The molecule has 0 bridgehead atoms. The summed E-state index contributed by atoms with van der Waals surface area (Å²) >= 11 is 0. The Bertz CT molecular complexity index is 1230. The van der Waals surface area contributed by atoms with Crippen LogP contribution in [0, 0.1) is 24.2 Å². The standard InChI is InChI=1S/C27H34N8O/c1-16-9-24(33-32-16)30-25-22-4-3-17(18-14-36-15-18)10-23(22)34(2)26(31-25)29-19-11-20-5-6-27(7-8-28)13-21(12-19)35(20)27/h3-4,9-10,18-21,23H,5-7,11-15H2,1-2H3,(H,29,31)(H2,30,32,33)/t19-,20-,21-,23?,27?/m0/s1. The van der Waals surface area contributed by atoms with Crippen molar-refractivity contribution >= 4 is 11.8 Å². The number of guanidine groups is 1. The lowest BCUT2D eigenvalue weighted by molar-refractivity contribution is -0.0915. The zero-order valence-corrected chi connectivity index (χ0v) is 21.0. The van der Waals surface area contributed by atoms with Gasteiger partial charge in [0.25, 0.3) is 0 Å². The van der Waals surface area contributed by atoms with Gasteiger partial charge in [-0.2, -0.15) is 15.4 Å². The van der Waals surface area contributed by atoms with E-state index in [0.29, 0.717) is 30.5 Å². The first kappa shape index (κ1) is 22.1. The summed E-state index contributed by atoms with van der Waals surface area (Å²) < 4.78 is 5.46. The lowest BCUT2D eigenvalue weighted by Gasteiger charge is -2.60. The molecule has 0 radical (unpaired) electrons. The van der Waals surface area contributed by atoms with Crippen molar-refractivity contribution in [3.05, 3.63) is 47.0 Å². The Kier molecular flexibility index (Phi) is 5.05. The number of aromatic nitrogens is 2. The van der Waals surface area contributed by atoms with Crippen LogP contribution in [0.15, 0.2) is 46.3 Å². The van der Waals surface area contributed by atoms with Crippen LogP contribution in [0.25, 0.3) is 0 Å². The number of aryl methyl sites for hydroxylation is 1. The van der Waals surface area contributed by atoms with Gasteiger partial charge in [0.15, 0.2) is 5.82 Å². The third-order valence-electron chi connectivity index (χ3n) is 9.18. The molecule has 5 aliphatic heterocycles. The third-order valence-corrected chi connectivity index (χ3v) is 9.18. The van der Waals surface area contributed by atoms with Crippen LogP contribution in [-0.4, -0.2) is 75.9 Å². The number of H-pyrrole nitrogens is 1. The number of piperidine rings is 1. The summed E-state index contributed by atoms with van der Waals surface area (Å²) in [7, 11) is 2.14. The van der Waals surface area contributed by atoms with Crippen molar-refractivity contribution in [1.82, 2.24) is 25.3 Å². The molecule has 0 spiro atoms. The molecule has 6 aliphatic rings. The van der Waals surface area contributed by atoms with Crippen molar-refractivity contribution in [2.75, 3.05) is 25.6 Å². The van der Waals surface area contributed by atoms with Crippen LogP contribution in [0.3, 0.4) is 0 Å². The number of rotatable bonds is 5. The molecule has 0 amide bonds. The summed E-state index contributed by atoms with van der Waals surface area (Å²) in [5.41, 5.74) is 3.68. The van der Waals surface area contributed by atoms with Crippen LogP contribution in [0.5, 0.6) is 0 Å². The number of nitrogens with zero attached hydrogens (tertiary/aromatic N) is 5. The van der Waals surface area contributed by atoms with Gasteiger partial charge in [-0.15, -0.1) is 0 Å². The van der Waals surface area contributed by atoms with Gasteiger partial charge in [0, 0.05) is 54.0 Å². The molecular weight excluding hydrogens is 452 g/mol. The van der Waals surface area contributed by atoms with Crippen LogP contribution in [-0.2, 0) is 4.74 Å². The molecule has 0 aromatic carbocycles. The topological polar surface area (TPSA) is 105 Å². The van der Waals surface area contributed by atoms with Crippen LogP contribution < -0.4 is 10.6 Å². The first-order valence-electron chi connectivity index (χ1n) is 13.3. The van der Waals surface area contributed by atoms with Crippen molar-refractivity contribution < 1.29 is 4.74 Å². The summed E-state index contributed by atoms with van der Waals surface area (Å²) in [4.78, 5) is 10.1. The molecule has 3 N–H and O–H groups in total. The lowest BCUT2D eigenvalue weighted by atomic mass is 9.72. The van der Waals surface area contributed by atoms with Crippen molar-refractivity contribution in [3.63, 3.8) is 0 Å². The van der Waals surface area contributed by atoms with E-state index in [1.165, 1.54) is 18.4 Å². The molecule has 4 fully saturated rings. The number of hydrogen-bond donors (Lipinski definition) is 3. The van der Waals surface area contributed by atoms with E-state index in [1.54, 1.807) is 0 Å². The SMILES string of the molecule is Cc1cc(NC2=C3C=CC(C4COC4)=CC3N(C)C(N[C@H]3C[C@@H]4CCC5(CC#N)C[C@H](C3)N45)=N2)n[nH]1. The number of aromatic amines is 1. The van der Waals surface area contributed by atoms with Gasteiger partial charge in [-0.3, -0.25) is 10.00 Å². The summed E-state index contributed by atoms with van der Waals surface area (Å²) in [6.07, 6.45) is 13.2. The van der Waals surface area contributed by atoms with Crippen LogP contribution in [0.4, 0.5) is 5.82 Å². The van der Waals surface area contributed by atoms with Gasteiger partial charge in [-0.1, -0.05) is 18.2 Å². The van der Waals surface area contributed by atoms with Gasteiger partial charge < -0.3 is 20.3 Å². The van der Waals surface area contributed by atoms with E-state index in [2.05, 4.69) is 62.0 Å². The number of likely N-dealkylation sites (N-methyl/N-ethyl adjacent to an activating group) is 1. The zero-order valence-electron chi connectivity index (χ0n) is 21.0. The monoisotopic (exact) mass is 486 g/mol. The van der Waals surface area contributed by atoms with Crippen molar-refractivity contribution in [3.8, 4) is 6.07 Å². The molecule has 0 saturated carbocycles. The van der Waals surface area contributed by atoms with E-state index in [4.69, 9.17) is 9.73 Å². The third kappa shape index (κ3) is 3.42. The van der Waals surface area contributed by atoms with Gasteiger partial charge in [0.2, 0.25) is 5.96 Å². The largest absolute Gasteiger partial charge is 0.380 e. The molecule has 1 aromatic rings. The second kappa shape index (κ2) is 8.22. The lowest BCUT2D eigenvalue weighted by Crippen LogP contribution is -2.69. The molecule has 9 heteroatoms. The highest BCUT2D eigenvalue weighted by molar-refractivity contribution is 5.84. The number of ether oxygens (including phenoxy) is 1. The van der Waals surface area contributed by atoms with Crippen molar-refractivity contribution in [1.29, 1.82) is 5.26 Å². The minimum atomic E-state index is 0.103. The predicted octanol–water partition coefficient (Wildman–Crippen LogP) is 2.80. The second-order valence-corrected chi connectivity index (χ2v) is 11.4. The summed E-state index contributed by atoms with van der Waals surface area (Å²) in [5.74, 6) is 3.02. The highest BCUT2D eigenvalue weighted by Gasteiger charge is 2.60. The van der Waals surface area contributed by atoms with Gasteiger partial charge in [0.05, 0.1) is 31.7 Å². The maximum absolute atomic E-state index is 9.36. The normalized spacial score (nSPS) is 35.2. The second-order valence-electron chi connectivity index (χ2n) is 11.4. The zero-order chi connectivity index (χ0) is 24.4. The predicted molar refractivity (Wildman–Crippen MR) is 137 cm³/mol. The van der Waals surface area contributed by atoms with E-state index in [9.17, 15) is 5.26 Å². The molecule has 1 aromatic heterocycles. The number of anilines is 1. The van der Waals surface area contributed by atoms with E-state index < -0.39 is 0 Å². The Labute approximate surface area is 212 Å². The maximum atomic E-state index is 9.36. The summed E-state index contributed by atoms with van der Waals surface area (Å²) in [6.45, 7) is 3.61. The minimum absolute atomic E-state index is 0.103. The number of fused-ring (bicyclic) bond motifs is 1. The molecular formula is C27H34N8O. The van der Waals surface area contributed by atoms with Gasteiger partial charge in [-0.25, -0.2) is 0 Å². The Morgan fingerprint density at radius 1 is 1.28 bits per heavy atom. The van der Waals surface area contributed by atoms with Crippen molar-refractivity contribution in [2.45, 2.75) is 75.2 Å². The Morgan fingerprint density at radius 3 is 2.89 bits per heavy atom. The number of hydrogen-bond acceptors (Lipinski definition) is 8. The van der Waals surface area contributed by atoms with Crippen molar-refractivity contribution in [2.24, 2.45) is 10.9 Å². The number of aliphatic imine (C=N–C) groups is 1. The van der Waals surface area contributed by atoms with Gasteiger partial charge in [-0.05, 0) is 44.6 Å². The highest BCUT2D eigenvalue weighted by Crippen LogP contribution is 2.54. The number of nitrogens with one attached hydrogen (secondary N) is 3. The number of nitriles is 1. The van der Waals surface area contributed by atoms with E-state index >= 15 is 0 Å². The molecule has 36 heavy (non-hydrogen) atoms. The smallest absolute Gasteiger partial charge is 0.201 e. The average Bonchev–Trinajstić information content (AvgIpc) is 3.36. The minimum Gasteiger partial charge on any atom is -0.380 e. The Morgan fingerprint density at radius 2 is 2.14 bits per heavy atom. The fraction of sp³-hybridized carbons (Fsp3) is 0.593. The Hall–Kier alpha value is -3.09. The molecule has 188 valence electrons. The maximum Gasteiger partial charge on any atom is 0.201 e. The molecule has 6 heterocycles. The van der Waals surface area contributed by atoms with E-state index in [-0.39, 0.29) is 11.6 Å². The Balaban J connectivity index is 1.15.